The Morgan fingerprint density at radius 2 is 2.03 bits per heavy atom. The van der Waals surface area contributed by atoms with Crippen molar-refractivity contribution in [1.29, 1.82) is 5.26 Å². The molecule has 0 amide bonds. The van der Waals surface area contributed by atoms with Crippen molar-refractivity contribution < 1.29 is 0 Å². The molecule has 3 aliphatic heterocycles. The fraction of sp³-hybridized carbons (Fsp3) is 0.304. The molecule has 0 aliphatic carbocycles. The van der Waals surface area contributed by atoms with Crippen LogP contribution in [0.25, 0.3) is 0 Å². The van der Waals surface area contributed by atoms with E-state index < -0.39 is 0 Å². The third-order valence-corrected chi connectivity index (χ3v) is 7.31. The number of nitriles is 1. The van der Waals surface area contributed by atoms with Crippen LogP contribution in [0.15, 0.2) is 59.4 Å². The Balaban J connectivity index is 1.34. The molecule has 152 valence electrons. The molecule has 0 bridgehead atoms. The van der Waals surface area contributed by atoms with E-state index in [1.165, 1.54) is 24.1 Å². The van der Waals surface area contributed by atoms with Crippen LogP contribution in [0.1, 0.15) is 35.8 Å². The summed E-state index contributed by atoms with van der Waals surface area (Å²) in [7, 11) is 0. The fourth-order valence-corrected chi connectivity index (χ4v) is 5.62. The molecule has 3 aliphatic rings. The van der Waals surface area contributed by atoms with Crippen LogP contribution in [-0.4, -0.2) is 24.6 Å². The smallest absolute Gasteiger partial charge is 0.128 e. The van der Waals surface area contributed by atoms with Crippen molar-refractivity contribution >= 4 is 29.0 Å². The minimum Gasteiger partial charge on any atom is -0.398 e. The first-order valence-electron chi connectivity index (χ1n) is 10.3. The average molecular weight is 417 g/mol. The Morgan fingerprint density at radius 3 is 2.77 bits per heavy atom. The van der Waals surface area contributed by atoms with E-state index >= 15 is 0 Å². The van der Waals surface area contributed by atoms with Gasteiger partial charge in [-0.2, -0.15) is 5.26 Å². The zero-order valence-corrected chi connectivity index (χ0v) is 17.6. The Kier molecular flexibility index (Phi) is 4.80. The first-order valence-corrected chi connectivity index (χ1v) is 11.2. The maximum atomic E-state index is 9.57. The summed E-state index contributed by atoms with van der Waals surface area (Å²) >= 11 is 1.77. The van der Waals surface area contributed by atoms with E-state index in [0.717, 1.165) is 48.2 Å². The van der Waals surface area contributed by atoms with E-state index in [1.807, 2.05) is 18.3 Å². The maximum absolute atomic E-state index is 9.57. The molecule has 1 unspecified atom stereocenters. The zero-order valence-electron chi connectivity index (χ0n) is 16.8. The van der Waals surface area contributed by atoms with Crippen molar-refractivity contribution in [1.82, 2.24) is 10.3 Å². The van der Waals surface area contributed by atoms with Crippen LogP contribution in [0.3, 0.4) is 0 Å². The minimum atomic E-state index is 0.128. The number of benzene rings is 1. The first kappa shape index (κ1) is 18.9. The van der Waals surface area contributed by atoms with Crippen LogP contribution >= 0.6 is 11.8 Å². The number of aromatic nitrogens is 1. The highest BCUT2D eigenvalue weighted by Gasteiger charge is 2.33. The lowest BCUT2D eigenvalue weighted by atomic mass is 10.1. The average Bonchev–Trinajstić information content (AvgIpc) is 3.45. The van der Waals surface area contributed by atoms with Gasteiger partial charge in [0.2, 0.25) is 0 Å². The molecule has 30 heavy (non-hydrogen) atoms. The molecule has 0 radical (unpaired) electrons. The second-order valence-electron chi connectivity index (χ2n) is 7.80. The largest absolute Gasteiger partial charge is 0.398 e. The SMILES string of the molecule is C=C1C2=C(CCN1c1cccc(N)c1C#N)NC(c1ccc(N3CCCC3)nc1)S2. The number of pyridine rings is 1. The number of hydrogen-bond acceptors (Lipinski definition) is 7. The van der Waals surface area contributed by atoms with Gasteiger partial charge in [-0.3, -0.25) is 0 Å². The van der Waals surface area contributed by atoms with Gasteiger partial charge in [0.15, 0.2) is 0 Å². The summed E-state index contributed by atoms with van der Waals surface area (Å²) in [5, 5.41) is 13.3. The van der Waals surface area contributed by atoms with Crippen LogP contribution < -0.4 is 20.9 Å². The van der Waals surface area contributed by atoms with Gasteiger partial charge in [-0.25, -0.2) is 4.98 Å². The van der Waals surface area contributed by atoms with Crippen molar-refractivity contribution in [2.75, 3.05) is 35.2 Å². The minimum absolute atomic E-state index is 0.128. The van der Waals surface area contributed by atoms with Gasteiger partial charge >= 0.3 is 0 Å². The quantitative estimate of drug-likeness (QED) is 0.729. The van der Waals surface area contributed by atoms with Gasteiger partial charge in [0.05, 0.1) is 21.8 Å². The Bertz CT molecular complexity index is 1060. The molecular formula is C23H24N6S. The van der Waals surface area contributed by atoms with E-state index in [9.17, 15) is 5.26 Å². The normalized spacial score (nSPS) is 20.9. The predicted octanol–water partition coefficient (Wildman–Crippen LogP) is 4.11. The number of anilines is 3. The summed E-state index contributed by atoms with van der Waals surface area (Å²) in [6, 6.07) is 12.1. The van der Waals surface area contributed by atoms with Crippen molar-refractivity contribution in [3.63, 3.8) is 0 Å². The lowest BCUT2D eigenvalue weighted by Gasteiger charge is -2.32. The van der Waals surface area contributed by atoms with E-state index in [-0.39, 0.29) is 5.37 Å². The number of nitrogens with one attached hydrogen (secondary N) is 1. The van der Waals surface area contributed by atoms with Gasteiger partial charge in [0.25, 0.3) is 0 Å². The monoisotopic (exact) mass is 416 g/mol. The Labute approximate surface area is 181 Å². The molecule has 0 spiro atoms. The van der Waals surface area contributed by atoms with Crippen LogP contribution in [0.2, 0.25) is 0 Å². The summed E-state index contributed by atoms with van der Waals surface area (Å²) in [5.41, 5.74) is 11.2. The van der Waals surface area contributed by atoms with Gasteiger partial charge in [-0.05, 0) is 31.0 Å². The molecule has 1 atom stereocenters. The number of nitrogens with zero attached hydrogens (tertiary/aromatic N) is 4. The lowest BCUT2D eigenvalue weighted by Crippen LogP contribution is -2.30. The third kappa shape index (κ3) is 3.17. The van der Waals surface area contributed by atoms with Gasteiger partial charge in [0.1, 0.15) is 17.3 Å². The molecule has 1 aromatic carbocycles. The van der Waals surface area contributed by atoms with Crippen LogP contribution in [-0.2, 0) is 0 Å². The number of hydrogen-bond donors (Lipinski definition) is 2. The Morgan fingerprint density at radius 1 is 1.20 bits per heavy atom. The molecule has 6 nitrogen and oxygen atoms in total. The Hall–Kier alpha value is -3.11. The van der Waals surface area contributed by atoms with E-state index in [2.05, 4.69) is 39.9 Å². The van der Waals surface area contributed by atoms with E-state index in [0.29, 0.717) is 11.3 Å². The zero-order chi connectivity index (χ0) is 20.7. The van der Waals surface area contributed by atoms with Crippen molar-refractivity contribution in [2.45, 2.75) is 24.6 Å². The third-order valence-electron chi connectivity index (χ3n) is 5.97. The standard InChI is InChI=1S/C23H24N6S/c1-15-22-19(9-12-29(15)20-6-4-5-18(25)17(20)13-24)27-23(30-22)16-7-8-21(26-14-16)28-10-2-3-11-28/h4-8,14,23,27H,1-3,9-12,25H2. The maximum Gasteiger partial charge on any atom is 0.128 e. The summed E-state index contributed by atoms with van der Waals surface area (Å²) in [5.74, 6) is 1.07. The molecule has 7 heteroatoms. The van der Waals surface area contributed by atoms with Crippen LogP contribution in [0, 0.1) is 11.3 Å². The van der Waals surface area contributed by atoms with Crippen LogP contribution in [0.5, 0.6) is 0 Å². The molecule has 4 heterocycles. The molecule has 1 aromatic heterocycles. The number of thioether (sulfide) groups is 1. The molecule has 2 aromatic rings. The van der Waals surface area contributed by atoms with Crippen molar-refractivity contribution in [2.24, 2.45) is 0 Å². The highest BCUT2D eigenvalue weighted by molar-refractivity contribution is 8.03. The summed E-state index contributed by atoms with van der Waals surface area (Å²) in [4.78, 5) is 10.3. The first-order chi connectivity index (χ1) is 14.7. The second kappa shape index (κ2) is 7.62. The summed E-state index contributed by atoms with van der Waals surface area (Å²) in [6.45, 7) is 7.32. The molecule has 1 fully saturated rings. The van der Waals surface area contributed by atoms with Gasteiger partial charge < -0.3 is 20.9 Å². The summed E-state index contributed by atoms with van der Waals surface area (Å²) < 4.78 is 0. The highest BCUT2D eigenvalue weighted by atomic mass is 32.2. The molecular weight excluding hydrogens is 392 g/mol. The summed E-state index contributed by atoms with van der Waals surface area (Å²) in [6.07, 6.45) is 5.36. The predicted molar refractivity (Wildman–Crippen MR) is 123 cm³/mol. The van der Waals surface area contributed by atoms with Crippen molar-refractivity contribution in [3.05, 3.63) is 70.5 Å². The number of nitrogen functional groups attached to an aromatic ring is 1. The lowest BCUT2D eigenvalue weighted by molar-refractivity contribution is 0.721. The van der Waals surface area contributed by atoms with Crippen LogP contribution in [0.4, 0.5) is 17.2 Å². The number of nitrogens with two attached hydrogens (primary N) is 1. The van der Waals surface area contributed by atoms with Crippen molar-refractivity contribution in [3.8, 4) is 6.07 Å². The number of rotatable bonds is 3. The van der Waals surface area contributed by atoms with Gasteiger partial charge in [-0.15, -0.1) is 0 Å². The molecule has 5 rings (SSSR count). The second-order valence-corrected chi connectivity index (χ2v) is 8.91. The molecule has 3 N–H and O–H groups in total. The van der Waals surface area contributed by atoms with E-state index in [4.69, 9.17) is 10.7 Å². The highest BCUT2D eigenvalue weighted by Crippen LogP contribution is 2.48. The topological polar surface area (TPSA) is 81.2 Å². The van der Waals surface area contributed by atoms with Gasteiger partial charge in [-0.1, -0.05) is 30.5 Å². The van der Waals surface area contributed by atoms with Gasteiger partial charge in [0, 0.05) is 49.2 Å². The molecule has 1 saturated heterocycles. The van der Waals surface area contributed by atoms with E-state index in [1.54, 1.807) is 17.8 Å². The molecule has 0 saturated carbocycles. The fourth-order valence-electron chi connectivity index (χ4n) is 4.36.